The zero-order valence-corrected chi connectivity index (χ0v) is 11.8. The average Bonchev–Trinajstić information content (AvgIpc) is 2.33. The van der Waals surface area contributed by atoms with Gasteiger partial charge in [0.15, 0.2) is 0 Å². The van der Waals surface area contributed by atoms with Crippen molar-refractivity contribution in [2.45, 2.75) is 19.4 Å². The van der Waals surface area contributed by atoms with Crippen LogP contribution in [0.1, 0.15) is 18.4 Å². The molecule has 1 aliphatic heterocycles. The van der Waals surface area contributed by atoms with Crippen molar-refractivity contribution in [3.63, 3.8) is 0 Å². The summed E-state index contributed by atoms with van der Waals surface area (Å²) >= 11 is 0. The van der Waals surface area contributed by atoms with Gasteiger partial charge < -0.3 is 35.4 Å². The summed E-state index contributed by atoms with van der Waals surface area (Å²) in [6, 6.07) is 6.71. The summed E-state index contributed by atoms with van der Waals surface area (Å²) in [4.78, 5) is 0. The number of piperidine rings is 1. The van der Waals surface area contributed by atoms with Crippen molar-refractivity contribution < 1.29 is 29.2 Å². The second-order valence-corrected chi connectivity index (χ2v) is 4.45. The number of nitrogens with one attached hydrogen (secondary N) is 2. The number of benzene rings is 1. The van der Waals surface area contributed by atoms with Crippen LogP contribution in [0.4, 0.5) is 4.39 Å². The smallest absolute Gasteiger partial charge is 0.123 e. The summed E-state index contributed by atoms with van der Waals surface area (Å²) in [5, 5.41) is 6.80. The van der Waals surface area contributed by atoms with Gasteiger partial charge in [0, 0.05) is 6.54 Å². The molecule has 1 aromatic carbocycles. The van der Waals surface area contributed by atoms with Gasteiger partial charge in [-0.2, -0.15) is 0 Å². The van der Waals surface area contributed by atoms with E-state index in [9.17, 15) is 4.39 Å². The Bertz CT molecular complexity index is 313. The minimum atomic E-state index is -0.165. The van der Waals surface area contributed by atoms with E-state index in [1.807, 2.05) is 12.1 Å². The minimum Gasteiger partial charge on any atom is -1.00 e. The lowest BCUT2D eigenvalue weighted by Crippen LogP contribution is -3.00. The fourth-order valence-corrected chi connectivity index (χ4v) is 2.11. The van der Waals surface area contributed by atoms with Crippen LogP contribution in [0.15, 0.2) is 24.3 Å². The van der Waals surface area contributed by atoms with Crippen LogP contribution in [0.5, 0.6) is 0 Å². The SMILES string of the molecule is Fc1ccc(CNCC2CCNCC2)cc1.[Cl-].[Cl-]. The van der Waals surface area contributed by atoms with Crippen molar-refractivity contribution in [1.82, 2.24) is 10.6 Å². The maximum absolute atomic E-state index is 12.7. The van der Waals surface area contributed by atoms with Gasteiger partial charge in [-0.3, -0.25) is 0 Å². The second-order valence-electron chi connectivity index (χ2n) is 4.45. The summed E-state index contributed by atoms with van der Waals surface area (Å²) in [7, 11) is 0. The Morgan fingerprint density at radius 2 is 1.72 bits per heavy atom. The van der Waals surface area contributed by atoms with Crippen molar-refractivity contribution in [3.8, 4) is 0 Å². The highest BCUT2D eigenvalue weighted by atomic mass is 35.5. The first-order chi connectivity index (χ1) is 7.84. The van der Waals surface area contributed by atoms with Gasteiger partial charge in [0.2, 0.25) is 0 Å². The summed E-state index contributed by atoms with van der Waals surface area (Å²) in [6.45, 7) is 4.19. The highest BCUT2D eigenvalue weighted by Crippen LogP contribution is 2.10. The number of hydrogen-bond donors (Lipinski definition) is 2. The maximum Gasteiger partial charge on any atom is 0.123 e. The largest absolute Gasteiger partial charge is 1.00 e. The Morgan fingerprint density at radius 1 is 1.11 bits per heavy atom. The van der Waals surface area contributed by atoms with Gasteiger partial charge in [0.25, 0.3) is 0 Å². The van der Waals surface area contributed by atoms with E-state index in [-0.39, 0.29) is 30.6 Å². The third kappa shape index (κ3) is 6.01. The highest BCUT2D eigenvalue weighted by molar-refractivity contribution is 5.15. The predicted octanol–water partition coefficient (Wildman–Crippen LogP) is -4.08. The number of halogens is 3. The molecule has 2 nitrogen and oxygen atoms in total. The highest BCUT2D eigenvalue weighted by Gasteiger charge is 2.11. The first-order valence-electron chi connectivity index (χ1n) is 6.00. The van der Waals surface area contributed by atoms with Gasteiger partial charge in [-0.15, -0.1) is 0 Å². The zero-order valence-electron chi connectivity index (χ0n) is 10.3. The Labute approximate surface area is 121 Å². The zero-order chi connectivity index (χ0) is 11.2. The molecule has 1 aromatic rings. The van der Waals surface area contributed by atoms with Crippen molar-refractivity contribution in [1.29, 1.82) is 0 Å². The van der Waals surface area contributed by atoms with Crippen molar-refractivity contribution in [2.24, 2.45) is 5.92 Å². The Hall–Kier alpha value is -0.350. The molecule has 5 heteroatoms. The van der Waals surface area contributed by atoms with E-state index in [1.54, 1.807) is 0 Å². The molecule has 0 spiro atoms. The minimum absolute atomic E-state index is 0. The first kappa shape index (κ1) is 17.6. The van der Waals surface area contributed by atoms with Crippen LogP contribution in [0.2, 0.25) is 0 Å². The molecule has 0 radical (unpaired) electrons. The molecule has 1 heterocycles. The van der Waals surface area contributed by atoms with Crippen LogP contribution < -0.4 is 35.4 Å². The summed E-state index contributed by atoms with van der Waals surface area (Å²) in [5.74, 6) is 0.629. The fraction of sp³-hybridized carbons (Fsp3) is 0.538. The van der Waals surface area contributed by atoms with E-state index < -0.39 is 0 Å². The molecule has 0 aromatic heterocycles. The monoisotopic (exact) mass is 292 g/mol. The van der Waals surface area contributed by atoms with E-state index in [0.717, 1.165) is 37.7 Å². The van der Waals surface area contributed by atoms with Crippen LogP contribution in [-0.2, 0) is 6.54 Å². The Kier molecular flexibility index (Phi) is 9.38. The Balaban J connectivity index is 0.00000144. The molecule has 2 N–H and O–H groups in total. The molecule has 0 aliphatic carbocycles. The Morgan fingerprint density at radius 3 is 2.33 bits per heavy atom. The molecule has 0 unspecified atom stereocenters. The molecule has 18 heavy (non-hydrogen) atoms. The van der Waals surface area contributed by atoms with Crippen LogP contribution in [-0.4, -0.2) is 19.6 Å². The molecule has 0 amide bonds. The van der Waals surface area contributed by atoms with Crippen LogP contribution >= 0.6 is 0 Å². The molecular weight excluding hydrogens is 274 g/mol. The molecule has 1 aliphatic rings. The molecule has 2 rings (SSSR count). The van der Waals surface area contributed by atoms with Crippen LogP contribution in [0.3, 0.4) is 0 Å². The second kappa shape index (κ2) is 9.56. The van der Waals surface area contributed by atoms with Crippen molar-refractivity contribution >= 4 is 0 Å². The molecule has 0 bridgehead atoms. The third-order valence-electron chi connectivity index (χ3n) is 3.13. The lowest BCUT2D eigenvalue weighted by molar-refractivity contribution is -0.001000. The number of rotatable bonds is 4. The van der Waals surface area contributed by atoms with Crippen molar-refractivity contribution in [2.75, 3.05) is 19.6 Å². The summed E-state index contributed by atoms with van der Waals surface area (Å²) < 4.78 is 12.7. The molecule has 104 valence electrons. The van der Waals surface area contributed by atoms with Gasteiger partial charge in [-0.05, 0) is 56.1 Å². The van der Waals surface area contributed by atoms with E-state index in [4.69, 9.17) is 0 Å². The number of hydrogen-bond acceptors (Lipinski definition) is 2. The molecular formula is C13H19Cl2FN2-2. The molecule has 0 atom stereocenters. The quantitative estimate of drug-likeness (QED) is 0.590. The first-order valence-corrected chi connectivity index (χ1v) is 6.00. The van der Waals surface area contributed by atoms with E-state index in [1.165, 1.54) is 25.0 Å². The lowest BCUT2D eigenvalue weighted by Gasteiger charge is -2.22. The maximum atomic E-state index is 12.7. The lowest BCUT2D eigenvalue weighted by atomic mass is 9.98. The summed E-state index contributed by atoms with van der Waals surface area (Å²) in [6.07, 6.45) is 2.52. The normalized spacial score (nSPS) is 15.6. The van der Waals surface area contributed by atoms with Gasteiger partial charge in [-0.1, -0.05) is 12.1 Å². The fourth-order valence-electron chi connectivity index (χ4n) is 2.11. The average molecular weight is 293 g/mol. The molecule has 1 fully saturated rings. The van der Waals surface area contributed by atoms with Crippen LogP contribution in [0.25, 0.3) is 0 Å². The van der Waals surface area contributed by atoms with Gasteiger partial charge in [0.1, 0.15) is 5.82 Å². The topological polar surface area (TPSA) is 24.1 Å². The van der Waals surface area contributed by atoms with Gasteiger partial charge in [-0.25, -0.2) is 4.39 Å². The predicted molar refractivity (Wildman–Crippen MR) is 63.7 cm³/mol. The molecule has 0 saturated carbocycles. The molecule has 1 saturated heterocycles. The van der Waals surface area contributed by atoms with Gasteiger partial charge >= 0.3 is 0 Å². The van der Waals surface area contributed by atoms with Gasteiger partial charge in [0.05, 0.1) is 0 Å². The van der Waals surface area contributed by atoms with E-state index in [2.05, 4.69) is 10.6 Å². The van der Waals surface area contributed by atoms with Crippen LogP contribution in [0, 0.1) is 11.7 Å². The summed E-state index contributed by atoms with van der Waals surface area (Å²) in [5.41, 5.74) is 1.15. The van der Waals surface area contributed by atoms with E-state index >= 15 is 0 Å². The standard InChI is InChI=1S/C13H19FN2.2ClH/c14-13-3-1-11(2-4-13)9-16-10-12-5-7-15-8-6-12;;/h1-4,12,15-16H,5-10H2;2*1H/p-2. The third-order valence-corrected chi connectivity index (χ3v) is 3.13. The van der Waals surface area contributed by atoms with E-state index in [0.29, 0.717) is 0 Å². The van der Waals surface area contributed by atoms with Crippen molar-refractivity contribution in [3.05, 3.63) is 35.6 Å².